The van der Waals surface area contributed by atoms with Crippen LogP contribution in [0.3, 0.4) is 0 Å². The lowest BCUT2D eigenvalue weighted by molar-refractivity contribution is -0.115. The van der Waals surface area contributed by atoms with Gasteiger partial charge in [0, 0.05) is 5.70 Å². The molecule has 0 bridgehead atoms. The number of allylic oxidation sites excluding steroid dienone is 5. The number of amides is 1. The molecule has 6 nitrogen and oxygen atoms in total. The Kier molecular flexibility index (Phi) is 3.63. The predicted molar refractivity (Wildman–Crippen MR) is 90.2 cm³/mol. The lowest BCUT2D eigenvalue weighted by Gasteiger charge is -2.05. The van der Waals surface area contributed by atoms with E-state index in [0.717, 1.165) is 17.7 Å². The number of rotatable bonds is 2. The van der Waals surface area contributed by atoms with Crippen LogP contribution in [0.2, 0.25) is 0 Å². The van der Waals surface area contributed by atoms with Crippen molar-refractivity contribution < 1.29 is 14.3 Å². The van der Waals surface area contributed by atoms with Crippen LogP contribution in [0.5, 0.6) is 11.5 Å². The highest BCUT2D eigenvalue weighted by atomic mass is 16.7. The van der Waals surface area contributed by atoms with Crippen molar-refractivity contribution in [2.24, 2.45) is 4.99 Å². The van der Waals surface area contributed by atoms with E-state index in [0.29, 0.717) is 23.2 Å². The van der Waals surface area contributed by atoms with Gasteiger partial charge in [-0.1, -0.05) is 30.4 Å². The number of hydrogen-bond acceptors (Lipinski definition) is 5. The van der Waals surface area contributed by atoms with Crippen molar-refractivity contribution in [1.29, 1.82) is 0 Å². The monoisotopic (exact) mass is 321 g/mol. The lowest BCUT2D eigenvalue weighted by atomic mass is 10.1. The standard InChI is InChI=1S/C18H15N3O3/c22-17-14(9-12-7-8-15-16(10-12)24-11-23-15)20-18(21-17)19-13-5-3-1-2-4-6-13/h1-3,5-10H,4,11H2,(H2,19,20,21,22)/b14-9-. The highest BCUT2D eigenvalue weighted by molar-refractivity contribution is 6.14. The Bertz CT molecular complexity index is 847. The molecule has 0 unspecified atom stereocenters. The summed E-state index contributed by atoms with van der Waals surface area (Å²) in [5.41, 5.74) is 2.06. The molecule has 1 aromatic carbocycles. The molecule has 1 aromatic rings. The van der Waals surface area contributed by atoms with Gasteiger partial charge in [-0.15, -0.1) is 0 Å². The van der Waals surface area contributed by atoms with Crippen LogP contribution in [0.4, 0.5) is 0 Å². The van der Waals surface area contributed by atoms with Gasteiger partial charge in [-0.05, 0) is 36.3 Å². The summed E-state index contributed by atoms with van der Waals surface area (Å²) < 4.78 is 10.6. The first-order valence-corrected chi connectivity index (χ1v) is 7.60. The molecule has 0 fully saturated rings. The largest absolute Gasteiger partial charge is 0.454 e. The van der Waals surface area contributed by atoms with Crippen molar-refractivity contribution in [3.05, 3.63) is 65.5 Å². The first-order chi connectivity index (χ1) is 11.8. The average molecular weight is 321 g/mol. The first-order valence-electron chi connectivity index (χ1n) is 7.60. The van der Waals surface area contributed by atoms with Gasteiger partial charge in [-0.25, -0.2) is 4.99 Å². The molecule has 0 saturated heterocycles. The number of hydrogen-bond donors (Lipinski definition) is 2. The van der Waals surface area contributed by atoms with E-state index in [1.165, 1.54) is 0 Å². The molecule has 1 amide bonds. The highest BCUT2D eigenvalue weighted by Gasteiger charge is 2.21. The Morgan fingerprint density at radius 1 is 1.21 bits per heavy atom. The Labute approximate surface area is 138 Å². The minimum Gasteiger partial charge on any atom is -0.454 e. The molecule has 2 heterocycles. The van der Waals surface area contributed by atoms with Crippen LogP contribution < -0.4 is 20.1 Å². The average Bonchev–Trinajstić information content (AvgIpc) is 3.07. The van der Waals surface area contributed by atoms with Crippen molar-refractivity contribution >= 4 is 17.9 Å². The number of aliphatic imine (C=N–C) groups is 1. The molecule has 0 radical (unpaired) electrons. The van der Waals surface area contributed by atoms with E-state index >= 15 is 0 Å². The van der Waals surface area contributed by atoms with Crippen LogP contribution in [0.15, 0.2) is 65.0 Å². The zero-order valence-electron chi connectivity index (χ0n) is 12.8. The van der Waals surface area contributed by atoms with Gasteiger partial charge in [0.2, 0.25) is 12.8 Å². The summed E-state index contributed by atoms with van der Waals surface area (Å²) in [6.45, 7) is 0.222. The molecule has 24 heavy (non-hydrogen) atoms. The first kappa shape index (κ1) is 14.3. The minimum atomic E-state index is -0.244. The Balaban J connectivity index is 1.54. The van der Waals surface area contributed by atoms with Crippen LogP contribution in [-0.2, 0) is 4.79 Å². The van der Waals surface area contributed by atoms with Gasteiger partial charge >= 0.3 is 0 Å². The van der Waals surface area contributed by atoms with Gasteiger partial charge in [0.15, 0.2) is 11.5 Å². The van der Waals surface area contributed by atoms with Gasteiger partial charge in [-0.2, -0.15) is 0 Å². The van der Waals surface area contributed by atoms with Crippen LogP contribution in [-0.4, -0.2) is 18.7 Å². The molecule has 6 heteroatoms. The second-order valence-electron chi connectivity index (χ2n) is 5.36. The van der Waals surface area contributed by atoms with Crippen molar-refractivity contribution in [1.82, 2.24) is 10.6 Å². The van der Waals surface area contributed by atoms with Gasteiger partial charge in [0.05, 0.1) is 0 Å². The quantitative estimate of drug-likeness (QED) is 0.820. The predicted octanol–water partition coefficient (Wildman–Crippen LogP) is 2.23. The van der Waals surface area contributed by atoms with Gasteiger partial charge in [0.25, 0.3) is 5.91 Å². The third kappa shape index (κ3) is 2.94. The normalized spacial score (nSPS) is 19.8. The van der Waals surface area contributed by atoms with E-state index in [-0.39, 0.29) is 12.7 Å². The maximum atomic E-state index is 12.1. The zero-order chi connectivity index (χ0) is 16.4. The number of nitrogens with zero attached hydrogens (tertiary/aromatic N) is 1. The second-order valence-corrected chi connectivity index (χ2v) is 5.36. The summed E-state index contributed by atoms with van der Waals surface area (Å²) in [6.07, 6.45) is 12.5. The van der Waals surface area contributed by atoms with Crippen molar-refractivity contribution in [2.75, 3.05) is 6.79 Å². The molecule has 2 aliphatic heterocycles. The third-order valence-electron chi connectivity index (χ3n) is 3.66. The molecule has 0 atom stereocenters. The van der Waals surface area contributed by atoms with Crippen LogP contribution in [0.1, 0.15) is 12.0 Å². The van der Waals surface area contributed by atoms with E-state index in [9.17, 15) is 4.79 Å². The number of benzene rings is 1. The molecule has 120 valence electrons. The number of guanidine groups is 1. The van der Waals surface area contributed by atoms with Crippen LogP contribution in [0.25, 0.3) is 6.08 Å². The number of carbonyl (C=O) groups is 1. The van der Waals surface area contributed by atoms with Gasteiger partial charge in [-0.3, -0.25) is 10.1 Å². The summed E-state index contributed by atoms with van der Waals surface area (Å²) in [5.74, 6) is 1.56. The fourth-order valence-corrected chi connectivity index (χ4v) is 2.50. The van der Waals surface area contributed by atoms with Crippen molar-refractivity contribution in [3.8, 4) is 11.5 Å². The molecule has 1 aliphatic carbocycles. The van der Waals surface area contributed by atoms with E-state index in [1.807, 2.05) is 48.6 Å². The van der Waals surface area contributed by atoms with Crippen LogP contribution >= 0.6 is 0 Å². The lowest BCUT2D eigenvalue weighted by Crippen LogP contribution is -2.35. The summed E-state index contributed by atoms with van der Waals surface area (Å²) in [4.78, 5) is 16.4. The zero-order valence-corrected chi connectivity index (χ0v) is 12.8. The summed E-state index contributed by atoms with van der Waals surface area (Å²) in [6, 6.07) is 5.50. The number of carbonyl (C=O) groups excluding carboxylic acids is 1. The minimum absolute atomic E-state index is 0.222. The highest BCUT2D eigenvalue weighted by Crippen LogP contribution is 2.33. The molecular formula is C18H15N3O3. The smallest absolute Gasteiger partial charge is 0.276 e. The fourth-order valence-electron chi connectivity index (χ4n) is 2.50. The van der Waals surface area contributed by atoms with Gasteiger partial charge in [0.1, 0.15) is 5.70 Å². The van der Waals surface area contributed by atoms with E-state index < -0.39 is 0 Å². The van der Waals surface area contributed by atoms with E-state index in [2.05, 4.69) is 15.6 Å². The number of nitrogens with one attached hydrogen (secondary N) is 2. The summed E-state index contributed by atoms with van der Waals surface area (Å²) in [5, 5.41) is 5.84. The molecule has 2 N–H and O–H groups in total. The Morgan fingerprint density at radius 2 is 2.12 bits per heavy atom. The summed E-state index contributed by atoms with van der Waals surface area (Å²) >= 11 is 0. The van der Waals surface area contributed by atoms with E-state index in [1.54, 1.807) is 6.08 Å². The maximum Gasteiger partial charge on any atom is 0.276 e. The van der Waals surface area contributed by atoms with Crippen molar-refractivity contribution in [2.45, 2.75) is 6.42 Å². The van der Waals surface area contributed by atoms with Gasteiger partial charge < -0.3 is 14.8 Å². The van der Waals surface area contributed by atoms with E-state index in [4.69, 9.17) is 9.47 Å². The molecule has 0 spiro atoms. The topological polar surface area (TPSA) is 72.0 Å². The molecule has 4 rings (SSSR count). The molecule has 0 aromatic heterocycles. The van der Waals surface area contributed by atoms with Crippen molar-refractivity contribution in [3.63, 3.8) is 0 Å². The third-order valence-corrected chi connectivity index (χ3v) is 3.66. The number of fused-ring (bicyclic) bond motifs is 1. The Morgan fingerprint density at radius 3 is 3.08 bits per heavy atom. The SMILES string of the molecule is O=C1NC(NC2=CCC=CC=C2)=N/C1=C\c1ccc2c(c1)OCO2. The van der Waals surface area contributed by atoms with Crippen LogP contribution in [0, 0.1) is 0 Å². The molecular weight excluding hydrogens is 306 g/mol. The fraction of sp³-hybridized carbons (Fsp3) is 0.111. The maximum absolute atomic E-state index is 12.1. The molecule has 0 saturated carbocycles. The number of ether oxygens (including phenoxy) is 2. The Hall–Kier alpha value is -3.28. The summed E-state index contributed by atoms with van der Waals surface area (Å²) in [7, 11) is 0. The molecule has 3 aliphatic rings. The second kappa shape index (κ2) is 6.08.